The summed E-state index contributed by atoms with van der Waals surface area (Å²) >= 11 is 0. The Morgan fingerprint density at radius 2 is 1.35 bits per heavy atom. The highest BCUT2D eigenvalue weighted by Crippen LogP contribution is 2.45. The topological polar surface area (TPSA) is 38.0 Å². The molecule has 102 valence electrons. The van der Waals surface area contributed by atoms with E-state index in [1.165, 1.54) is 0 Å². The summed E-state index contributed by atoms with van der Waals surface area (Å²) in [4.78, 5) is 0. The first-order valence-electron chi connectivity index (χ1n) is 5.27. The van der Waals surface area contributed by atoms with Crippen LogP contribution in [0.4, 0.5) is 26.3 Å². The smallest absolute Gasteiger partial charge is 0.271 e. The maximum atomic E-state index is 12.5. The lowest BCUT2D eigenvalue weighted by Crippen LogP contribution is -2.55. The maximum Gasteiger partial charge on any atom is 0.402 e. The van der Waals surface area contributed by atoms with E-state index in [4.69, 9.17) is 5.84 Å². The van der Waals surface area contributed by atoms with E-state index in [1.807, 2.05) is 0 Å². The molecule has 17 heavy (non-hydrogen) atoms. The molecular weight excluding hydrogens is 250 g/mol. The Morgan fingerprint density at radius 3 is 1.65 bits per heavy atom. The fourth-order valence-electron chi connectivity index (χ4n) is 2.41. The number of alkyl halides is 6. The summed E-state index contributed by atoms with van der Waals surface area (Å²) in [6, 6.07) is -1.79. The van der Waals surface area contributed by atoms with Crippen LogP contribution in [0.1, 0.15) is 25.7 Å². The van der Waals surface area contributed by atoms with Crippen molar-refractivity contribution < 1.29 is 26.3 Å². The number of nitrogens with two attached hydrogens (primary N) is 1. The quantitative estimate of drug-likeness (QED) is 0.467. The zero-order valence-electron chi connectivity index (χ0n) is 8.91. The first-order valence-corrected chi connectivity index (χ1v) is 5.27. The van der Waals surface area contributed by atoms with Gasteiger partial charge in [0.25, 0.3) is 0 Å². The van der Waals surface area contributed by atoms with Gasteiger partial charge in [-0.1, -0.05) is 12.8 Å². The Kier molecular flexibility index (Phi) is 4.29. The Bertz CT molecular complexity index is 229. The van der Waals surface area contributed by atoms with Gasteiger partial charge in [0.05, 0.1) is 0 Å². The van der Waals surface area contributed by atoms with Gasteiger partial charge in [-0.15, -0.1) is 0 Å². The van der Waals surface area contributed by atoms with Crippen LogP contribution in [0, 0.1) is 11.8 Å². The van der Waals surface area contributed by atoms with Crippen molar-refractivity contribution in [2.24, 2.45) is 17.7 Å². The third-order valence-electron chi connectivity index (χ3n) is 3.16. The Labute approximate surface area is 94.5 Å². The fraction of sp³-hybridized carbons (Fsp3) is 1.00. The molecular formula is C9H14F6N2. The SMILES string of the molecule is NNC(C1CCCC1)C(C(F)(F)F)C(F)(F)F. The number of hydrazine groups is 1. The maximum absolute atomic E-state index is 12.5. The third kappa shape index (κ3) is 3.48. The van der Waals surface area contributed by atoms with Gasteiger partial charge in [-0.05, 0) is 18.8 Å². The molecule has 3 N–H and O–H groups in total. The second-order valence-electron chi connectivity index (χ2n) is 4.30. The number of nitrogens with one attached hydrogen (secondary N) is 1. The second kappa shape index (κ2) is 5.01. The molecule has 1 rings (SSSR count). The molecule has 0 aromatic rings. The van der Waals surface area contributed by atoms with Gasteiger partial charge in [0.2, 0.25) is 0 Å². The summed E-state index contributed by atoms with van der Waals surface area (Å²) in [5, 5.41) is 0. The minimum absolute atomic E-state index is 0.345. The minimum atomic E-state index is -5.34. The van der Waals surface area contributed by atoms with Crippen molar-refractivity contribution >= 4 is 0 Å². The van der Waals surface area contributed by atoms with Gasteiger partial charge in [-0.3, -0.25) is 11.3 Å². The lowest BCUT2D eigenvalue weighted by atomic mass is 9.86. The lowest BCUT2D eigenvalue weighted by Gasteiger charge is -2.33. The third-order valence-corrected chi connectivity index (χ3v) is 3.16. The van der Waals surface area contributed by atoms with Crippen molar-refractivity contribution in [1.29, 1.82) is 0 Å². The molecule has 0 spiro atoms. The van der Waals surface area contributed by atoms with Gasteiger partial charge in [0, 0.05) is 6.04 Å². The molecule has 0 aromatic heterocycles. The average Bonchev–Trinajstić information content (AvgIpc) is 2.61. The molecule has 1 atom stereocenters. The fourth-order valence-corrected chi connectivity index (χ4v) is 2.41. The van der Waals surface area contributed by atoms with Gasteiger partial charge in [0.1, 0.15) is 0 Å². The Hall–Kier alpha value is -0.500. The average molecular weight is 264 g/mol. The molecule has 0 aromatic carbocycles. The minimum Gasteiger partial charge on any atom is -0.271 e. The highest BCUT2D eigenvalue weighted by Gasteiger charge is 2.61. The van der Waals surface area contributed by atoms with Gasteiger partial charge in [-0.25, -0.2) is 0 Å². The predicted molar refractivity (Wildman–Crippen MR) is 48.7 cm³/mol. The van der Waals surface area contributed by atoms with E-state index in [0.717, 1.165) is 0 Å². The van der Waals surface area contributed by atoms with Crippen molar-refractivity contribution in [2.45, 2.75) is 44.1 Å². The summed E-state index contributed by atoms with van der Waals surface area (Å²) in [6.45, 7) is 0. The summed E-state index contributed by atoms with van der Waals surface area (Å²) in [5.74, 6) is 0.824. The molecule has 0 aliphatic heterocycles. The van der Waals surface area contributed by atoms with Crippen molar-refractivity contribution in [3.05, 3.63) is 0 Å². The number of halogens is 6. The van der Waals surface area contributed by atoms with E-state index >= 15 is 0 Å². The molecule has 0 heterocycles. The van der Waals surface area contributed by atoms with E-state index in [2.05, 4.69) is 0 Å². The van der Waals surface area contributed by atoms with Crippen molar-refractivity contribution in [3.8, 4) is 0 Å². The van der Waals surface area contributed by atoms with Crippen LogP contribution in [0.15, 0.2) is 0 Å². The normalized spacial score (nSPS) is 21.2. The number of hydrogen-bond acceptors (Lipinski definition) is 2. The molecule has 1 fully saturated rings. The van der Waals surface area contributed by atoms with E-state index in [9.17, 15) is 26.3 Å². The zero-order valence-corrected chi connectivity index (χ0v) is 8.91. The first kappa shape index (κ1) is 14.6. The van der Waals surface area contributed by atoms with Crippen molar-refractivity contribution in [1.82, 2.24) is 5.43 Å². The Balaban J connectivity index is 2.94. The van der Waals surface area contributed by atoms with E-state index in [-0.39, 0.29) is 0 Å². The second-order valence-corrected chi connectivity index (χ2v) is 4.30. The van der Waals surface area contributed by atoms with Gasteiger partial charge >= 0.3 is 12.4 Å². The molecule has 0 radical (unpaired) electrons. The van der Waals surface area contributed by atoms with E-state index in [0.29, 0.717) is 25.7 Å². The zero-order chi connectivity index (χ0) is 13.3. The van der Waals surface area contributed by atoms with Gasteiger partial charge < -0.3 is 0 Å². The van der Waals surface area contributed by atoms with Crippen molar-refractivity contribution in [3.63, 3.8) is 0 Å². The highest BCUT2D eigenvalue weighted by molar-refractivity contribution is 4.91. The van der Waals surface area contributed by atoms with Crippen LogP contribution in [0.3, 0.4) is 0 Å². The lowest BCUT2D eigenvalue weighted by molar-refractivity contribution is -0.295. The van der Waals surface area contributed by atoms with Gasteiger partial charge in [0.15, 0.2) is 5.92 Å². The standard InChI is InChI=1S/C9H14F6N2/c10-8(11,12)7(9(13,14)15)6(17-16)5-3-1-2-4-5/h5-7,17H,1-4,16H2. The van der Waals surface area contributed by atoms with E-state index in [1.54, 1.807) is 5.43 Å². The molecule has 0 amide bonds. The molecule has 0 bridgehead atoms. The van der Waals surface area contributed by atoms with Gasteiger partial charge in [-0.2, -0.15) is 26.3 Å². The highest BCUT2D eigenvalue weighted by atomic mass is 19.4. The van der Waals surface area contributed by atoms with Crippen LogP contribution in [-0.2, 0) is 0 Å². The predicted octanol–water partition coefficient (Wildman–Crippen LogP) is 2.75. The molecule has 1 aliphatic rings. The van der Waals surface area contributed by atoms with Crippen LogP contribution in [0.25, 0.3) is 0 Å². The Morgan fingerprint density at radius 1 is 0.941 bits per heavy atom. The van der Waals surface area contributed by atoms with Crippen LogP contribution in [-0.4, -0.2) is 18.4 Å². The molecule has 1 saturated carbocycles. The molecule has 2 nitrogen and oxygen atoms in total. The molecule has 1 unspecified atom stereocenters. The first-order chi connectivity index (χ1) is 7.68. The largest absolute Gasteiger partial charge is 0.402 e. The van der Waals surface area contributed by atoms with Crippen LogP contribution >= 0.6 is 0 Å². The number of hydrogen-bond donors (Lipinski definition) is 2. The van der Waals surface area contributed by atoms with Crippen LogP contribution < -0.4 is 11.3 Å². The molecule has 8 heteroatoms. The van der Waals surface area contributed by atoms with Crippen molar-refractivity contribution in [2.75, 3.05) is 0 Å². The summed E-state index contributed by atoms with van der Waals surface area (Å²) in [5.41, 5.74) is 1.72. The summed E-state index contributed by atoms with van der Waals surface area (Å²) in [6.07, 6.45) is -8.69. The summed E-state index contributed by atoms with van der Waals surface area (Å²) in [7, 11) is 0. The monoisotopic (exact) mass is 264 g/mol. The number of rotatable bonds is 3. The summed E-state index contributed by atoms with van der Waals surface area (Å²) < 4.78 is 74.9. The molecule has 0 saturated heterocycles. The molecule has 1 aliphatic carbocycles. The van der Waals surface area contributed by atoms with Crippen LogP contribution in [0.2, 0.25) is 0 Å². The van der Waals surface area contributed by atoms with E-state index < -0.39 is 30.2 Å². The van der Waals surface area contributed by atoms with Crippen LogP contribution in [0.5, 0.6) is 0 Å².